The lowest BCUT2D eigenvalue weighted by Gasteiger charge is -2.13. The number of hydrogen-bond acceptors (Lipinski definition) is 4. The third-order valence-electron chi connectivity index (χ3n) is 4.77. The van der Waals surface area contributed by atoms with Gasteiger partial charge in [-0.15, -0.1) is 0 Å². The van der Waals surface area contributed by atoms with Gasteiger partial charge < -0.3 is 10.1 Å². The summed E-state index contributed by atoms with van der Waals surface area (Å²) >= 11 is 0. The molecule has 162 valence electrons. The second kappa shape index (κ2) is 9.66. The van der Waals surface area contributed by atoms with Crippen molar-refractivity contribution in [2.24, 2.45) is 0 Å². The molecule has 0 bridgehead atoms. The Morgan fingerprint density at radius 3 is 2.35 bits per heavy atom. The van der Waals surface area contributed by atoms with Crippen LogP contribution in [0.1, 0.15) is 27.0 Å². The largest absolute Gasteiger partial charge is 0.491 e. The van der Waals surface area contributed by atoms with Gasteiger partial charge in [0.2, 0.25) is 0 Å². The van der Waals surface area contributed by atoms with Crippen molar-refractivity contribution < 1.29 is 17.9 Å². The molecule has 0 aliphatic rings. The van der Waals surface area contributed by atoms with Crippen LogP contribution in [0.2, 0.25) is 0 Å². The van der Waals surface area contributed by atoms with E-state index in [-0.39, 0.29) is 10.8 Å². The Hall–Kier alpha value is -3.32. The normalized spacial score (nSPS) is 11.1. The van der Waals surface area contributed by atoms with Gasteiger partial charge in [0.25, 0.3) is 15.9 Å². The van der Waals surface area contributed by atoms with Gasteiger partial charge in [0.15, 0.2) is 0 Å². The molecular formula is C24H26N2O4S. The van der Waals surface area contributed by atoms with Gasteiger partial charge in [0.05, 0.1) is 17.1 Å². The number of carbonyl (C=O) groups excluding carboxylic acids is 1. The zero-order valence-electron chi connectivity index (χ0n) is 17.8. The minimum atomic E-state index is -3.74. The topological polar surface area (TPSA) is 84.5 Å². The Morgan fingerprint density at radius 1 is 0.903 bits per heavy atom. The van der Waals surface area contributed by atoms with Crippen molar-refractivity contribution in [3.8, 4) is 5.75 Å². The molecule has 0 saturated heterocycles. The quantitative estimate of drug-likeness (QED) is 0.516. The predicted molar refractivity (Wildman–Crippen MR) is 122 cm³/mol. The number of aryl methyl sites for hydroxylation is 3. The standard InChI is InChI=1S/C24H26N2O4S/c1-17-9-12-23(19(3)15-17)30-14-13-25-24(27)20-11-10-18(2)22(16-20)26-31(28,29)21-7-5-4-6-8-21/h4-12,15-16,26H,13-14H2,1-3H3,(H,25,27). The summed E-state index contributed by atoms with van der Waals surface area (Å²) in [6.07, 6.45) is 0. The fourth-order valence-corrected chi connectivity index (χ4v) is 4.21. The predicted octanol–water partition coefficient (Wildman–Crippen LogP) is 4.22. The van der Waals surface area contributed by atoms with Crippen LogP contribution < -0.4 is 14.8 Å². The van der Waals surface area contributed by atoms with E-state index in [0.717, 1.165) is 16.9 Å². The Balaban J connectivity index is 1.62. The van der Waals surface area contributed by atoms with Crippen LogP contribution in [0, 0.1) is 20.8 Å². The van der Waals surface area contributed by atoms with E-state index in [9.17, 15) is 13.2 Å². The number of nitrogens with one attached hydrogen (secondary N) is 2. The lowest BCUT2D eigenvalue weighted by Crippen LogP contribution is -2.28. The maximum absolute atomic E-state index is 12.6. The molecule has 2 N–H and O–H groups in total. The number of sulfonamides is 1. The smallest absolute Gasteiger partial charge is 0.261 e. The number of rotatable bonds is 8. The molecule has 0 saturated carbocycles. The third kappa shape index (κ3) is 5.86. The Morgan fingerprint density at radius 2 is 1.65 bits per heavy atom. The van der Waals surface area contributed by atoms with E-state index in [1.807, 2.05) is 32.0 Å². The molecule has 0 heterocycles. The minimum Gasteiger partial charge on any atom is -0.491 e. The first-order valence-corrected chi connectivity index (χ1v) is 11.4. The van der Waals surface area contributed by atoms with Crippen LogP contribution in [0.15, 0.2) is 71.6 Å². The molecule has 0 aliphatic carbocycles. The highest BCUT2D eigenvalue weighted by molar-refractivity contribution is 7.92. The second-order valence-corrected chi connectivity index (χ2v) is 9.00. The monoisotopic (exact) mass is 438 g/mol. The zero-order chi connectivity index (χ0) is 22.4. The van der Waals surface area contributed by atoms with Crippen LogP contribution in [-0.2, 0) is 10.0 Å². The van der Waals surface area contributed by atoms with Crippen LogP contribution >= 0.6 is 0 Å². The molecule has 1 amide bonds. The van der Waals surface area contributed by atoms with Crippen LogP contribution in [0.3, 0.4) is 0 Å². The molecule has 6 nitrogen and oxygen atoms in total. The number of anilines is 1. The Bertz CT molecular complexity index is 1180. The Labute approximate surface area is 183 Å². The van der Waals surface area contributed by atoms with Crippen LogP contribution in [0.25, 0.3) is 0 Å². The summed E-state index contributed by atoms with van der Waals surface area (Å²) in [5.41, 5.74) is 3.65. The third-order valence-corrected chi connectivity index (χ3v) is 6.15. The van der Waals surface area contributed by atoms with Crippen molar-refractivity contribution in [2.75, 3.05) is 17.9 Å². The summed E-state index contributed by atoms with van der Waals surface area (Å²) in [4.78, 5) is 12.7. The number of benzene rings is 3. The van der Waals surface area contributed by atoms with Crippen molar-refractivity contribution in [3.63, 3.8) is 0 Å². The van der Waals surface area contributed by atoms with E-state index in [4.69, 9.17) is 4.74 Å². The number of amides is 1. The van der Waals surface area contributed by atoms with Gasteiger partial charge in [-0.2, -0.15) is 0 Å². The first-order valence-electron chi connectivity index (χ1n) is 9.93. The molecule has 0 aliphatic heterocycles. The Kier molecular flexibility index (Phi) is 6.97. The molecule has 0 spiro atoms. The van der Waals surface area contributed by atoms with Crippen LogP contribution in [0.5, 0.6) is 5.75 Å². The average Bonchev–Trinajstić information content (AvgIpc) is 2.74. The molecule has 0 radical (unpaired) electrons. The van der Waals surface area contributed by atoms with Gasteiger partial charge in [-0.3, -0.25) is 9.52 Å². The SMILES string of the molecule is Cc1ccc(OCCNC(=O)c2ccc(C)c(NS(=O)(=O)c3ccccc3)c2)c(C)c1. The summed E-state index contributed by atoms with van der Waals surface area (Å²) < 4.78 is 33.5. The van der Waals surface area contributed by atoms with E-state index in [0.29, 0.717) is 30.0 Å². The molecule has 0 atom stereocenters. The summed E-state index contributed by atoms with van der Waals surface area (Å²) in [6, 6.07) is 18.9. The highest BCUT2D eigenvalue weighted by Crippen LogP contribution is 2.21. The maximum Gasteiger partial charge on any atom is 0.261 e. The minimum absolute atomic E-state index is 0.160. The number of carbonyl (C=O) groups is 1. The zero-order valence-corrected chi connectivity index (χ0v) is 18.6. The summed E-state index contributed by atoms with van der Waals surface area (Å²) in [5.74, 6) is 0.483. The van der Waals surface area contributed by atoms with Crippen molar-refractivity contribution in [3.05, 3.63) is 89.0 Å². The molecule has 31 heavy (non-hydrogen) atoms. The summed E-state index contributed by atoms with van der Waals surface area (Å²) in [7, 11) is -3.74. The van der Waals surface area contributed by atoms with Gasteiger partial charge in [0.1, 0.15) is 12.4 Å². The summed E-state index contributed by atoms with van der Waals surface area (Å²) in [6.45, 7) is 6.43. The van der Waals surface area contributed by atoms with E-state index < -0.39 is 10.0 Å². The number of ether oxygens (including phenoxy) is 1. The van der Waals surface area contributed by atoms with Crippen molar-refractivity contribution in [1.82, 2.24) is 5.32 Å². The maximum atomic E-state index is 12.6. The molecule has 7 heteroatoms. The lowest BCUT2D eigenvalue weighted by atomic mass is 10.1. The van der Waals surface area contributed by atoms with Gasteiger partial charge >= 0.3 is 0 Å². The first kappa shape index (κ1) is 22.4. The summed E-state index contributed by atoms with van der Waals surface area (Å²) in [5, 5.41) is 2.80. The molecular weight excluding hydrogens is 412 g/mol. The molecule has 0 aromatic heterocycles. The van der Waals surface area contributed by atoms with E-state index in [1.54, 1.807) is 37.3 Å². The van der Waals surface area contributed by atoms with E-state index in [1.165, 1.54) is 18.2 Å². The molecule has 0 fully saturated rings. The molecule has 3 aromatic rings. The second-order valence-electron chi connectivity index (χ2n) is 7.32. The van der Waals surface area contributed by atoms with Crippen molar-refractivity contribution in [1.29, 1.82) is 0 Å². The van der Waals surface area contributed by atoms with Gasteiger partial charge in [-0.1, -0.05) is 42.0 Å². The molecule has 3 rings (SSSR count). The van der Waals surface area contributed by atoms with Gasteiger partial charge in [-0.05, 0) is 62.2 Å². The van der Waals surface area contributed by atoms with E-state index >= 15 is 0 Å². The van der Waals surface area contributed by atoms with Gasteiger partial charge in [-0.25, -0.2) is 8.42 Å². The lowest BCUT2D eigenvalue weighted by molar-refractivity contribution is 0.0947. The van der Waals surface area contributed by atoms with Crippen LogP contribution in [-0.4, -0.2) is 27.5 Å². The molecule has 0 unspecified atom stereocenters. The average molecular weight is 439 g/mol. The van der Waals surface area contributed by atoms with Gasteiger partial charge in [0, 0.05) is 5.56 Å². The molecule has 3 aromatic carbocycles. The fourth-order valence-electron chi connectivity index (χ4n) is 3.07. The number of hydrogen-bond donors (Lipinski definition) is 2. The van der Waals surface area contributed by atoms with Crippen molar-refractivity contribution >= 4 is 21.6 Å². The first-order chi connectivity index (χ1) is 14.8. The van der Waals surface area contributed by atoms with E-state index in [2.05, 4.69) is 10.0 Å². The van der Waals surface area contributed by atoms with Crippen LogP contribution in [0.4, 0.5) is 5.69 Å². The highest BCUT2D eigenvalue weighted by atomic mass is 32.2. The highest BCUT2D eigenvalue weighted by Gasteiger charge is 2.16. The van der Waals surface area contributed by atoms with Crippen molar-refractivity contribution in [2.45, 2.75) is 25.7 Å². The fraction of sp³-hybridized carbons (Fsp3) is 0.208.